The minimum Gasteiger partial charge on any atom is -0.449 e. The number of benzene rings is 3. The van der Waals surface area contributed by atoms with Gasteiger partial charge in [-0.25, -0.2) is 0 Å². The SMILES string of the molecule is CCC1(OC(=O)C(C)(C)C)c2ccccc2-c2cccc3cccc1c23. The predicted molar refractivity (Wildman–Crippen MR) is 106 cm³/mol. The molecule has 2 nitrogen and oxygen atoms in total. The van der Waals surface area contributed by atoms with Crippen molar-refractivity contribution in [3.05, 3.63) is 71.8 Å². The van der Waals surface area contributed by atoms with Crippen molar-refractivity contribution in [2.45, 2.75) is 39.7 Å². The first-order valence-corrected chi connectivity index (χ1v) is 9.24. The van der Waals surface area contributed by atoms with Crippen LogP contribution in [-0.4, -0.2) is 5.97 Å². The Morgan fingerprint density at radius 3 is 2.19 bits per heavy atom. The van der Waals surface area contributed by atoms with Gasteiger partial charge in [0.2, 0.25) is 0 Å². The third-order valence-corrected chi connectivity index (χ3v) is 5.37. The van der Waals surface area contributed by atoms with Crippen LogP contribution in [-0.2, 0) is 15.1 Å². The van der Waals surface area contributed by atoms with Crippen LogP contribution in [0.2, 0.25) is 0 Å². The van der Waals surface area contributed by atoms with E-state index in [0.717, 1.165) is 16.7 Å². The van der Waals surface area contributed by atoms with E-state index in [0.29, 0.717) is 6.42 Å². The van der Waals surface area contributed by atoms with Crippen molar-refractivity contribution in [1.82, 2.24) is 0 Å². The van der Waals surface area contributed by atoms with Gasteiger partial charge in [0.05, 0.1) is 5.41 Å². The molecule has 0 spiro atoms. The lowest BCUT2D eigenvalue weighted by molar-refractivity contribution is -0.167. The third kappa shape index (κ3) is 2.28. The molecular formula is C24H24O2. The van der Waals surface area contributed by atoms with Crippen molar-refractivity contribution in [2.75, 3.05) is 0 Å². The summed E-state index contributed by atoms with van der Waals surface area (Å²) < 4.78 is 6.33. The van der Waals surface area contributed by atoms with Crippen molar-refractivity contribution < 1.29 is 9.53 Å². The van der Waals surface area contributed by atoms with E-state index >= 15 is 0 Å². The van der Waals surface area contributed by atoms with Gasteiger partial charge in [-0.2, -0.15) is 0 Å². The summed E-state index contributed by atoms with van der Waals surface area (Å²) in [5.74, 6) is -0.175. The number of fused-ring (bicyclic) bond motifs is 2. The summed E-state index contributed by atoms with van der Waals surface area (Å²) in [6.45, 7) is 7.81. The molecule has 0 fully saturated rings. The van der Waals surface area contributed by atoms with E-state index in [1.807, 2.05) is 26.8 Å². The van der Waals surface area contributed by atoms with Crippen molar-refractivity contribution >= 4 is 16.7 Å². The van der Waals surface area contributed by atoms with Gasteiger partial charge in [0.15, 0.2) is 5.60 Å². The second-order valence-corrected chi connectivity index (χ2v) is 8.07. The first kappa shape index (κ1) is 16.8. The number of carbonyl (C=O) groups is 1. The first-order valence-electron chi connectivity index (χ1n) is 9.24. The third-order valence-electron chi connectivity index (χ3n) is 5.37. The van der Waals surface area contributed by atoms with Crippen LogP contribution < -0.4 is 0 Å². The minimum atomic E-state index is -0.755. The van der Waals surface area contributed by atoms with Crippen LogP contribution in [0.15, 0.2) is 60.7 Å². The van der Waals surface area contributed by atoms with Gasteiger partial charge < -0.3 is 4.74 Å². The van der Waals surface area contributed by atoms with Crippen LogP contribution in [0.25, 0.3) is 21.9 Å². The molecule has 0 aliphatic heterocycles. The Balaban J connectivity index is 2.09. The van der Waals surface area contributed by atoms with E-state index in [-0.39, 0.29) is 5.97 Å². The highest BCUT2D eigenvalue weighted by atomic mass is 16.6. The van der Waals surface area contributed by atoms with Gasteiger partial charge in [0, 0.05) is 11.1 Å². The number of esters is 1. The van der Waals surface area contributed by atoms with E-state index in [4.69, 9.17) is 4.74 Å². The fourth-order valence-electron chi connectivity index (χ4n) is 3.99. The standard InChI is InChI=1S/C24H24O2/c1-5-24(26-22(25)23(2,3)4)19-14-7-6-12-17(19)18-13-8-10-16-11-9-15-20(24)21(16)18/h6-15H,5H2,1-4H3. The zero-order chi connectivity index (χ0) is 18.5. The molecule has 0 N–H and O–H groups in total. The Hall–Kier alpha value is -2.61. The van der Waals surface area contributed by atoms with Crippen LogP contribution >= 0.6 is 0 Å². The Kier molecular flexibility index (Phi) is 3.69. The summed E-state index contributed by atoms with van der Waals surface area (Å²) in [7, 11) is 0. The molecule has 1 aliphatic rings. The van der Waals surface area contributed by atoms with E-state index in [9.17, 15) is 4.79 Å². The number of hydrogen-bond donors (Lipinski definition) is 0. The summed E-state index contributed by atoms with van der Waals surface area (Å²) in [4.78, 5) is 12.9. The summed E-state index contributed by atoms with van der Waals surface area (Å²) in [6, 6.07) is 21.0. The van der Waals surface area contributed by atoms with Crippen LogP contribution in [0.4, 0.5) is 0 Å². The van der Waals surface area contributed by atoms with Crippen molar-refractivity contribution in [3.63, 3.8) is 0 Å². The highest BCUT2D eigenvalue weighted by molar-refractivity contribution is 6.03. The highest BCUT2D eigenvalue weighted by Gasteiger charge is 2.44. The Morgan fingerprint density at radius 2 is 1.50 bits per heavy atom. The maximum absolute atomic E-state index is 12.9. The molecule has 0 saturated heterocycles. The van der Waals surface area contributed by atoms with Gasteiger partial charge in [-0.3, -0.25) is 4.79 Å². The van der Waals surface area contributed by atoms with Crippen LogP contribution in [0.1, 0.15) is 45.2 Å². The number of carbonyl (C=O) groups excluding carboxylic acids is 1. The van der Waals surface area contributed by atoms with Gasteiger partial charge in [-0.1, -0.05) is 67.6 Å². The summed E-state index contributed by atoms with van der Waals surface area (Å²) in [5, 5.41) is 2.37. The van der Waals surface area contributed by atoms with E-state index in [1.165, 1.54) is 16.3 Å². The quantitative estimate of drug-likeness (QED) is 0.528. The molecule has 1 aliphatic carbocycles. The molecule has 132 valence electrons. The van der Waals surface area contributed by atoms with Crippen LogP contribution in [0.3, 0.4) is 0 Å². The lowest BCUT2D eigenvalue weighted by Gasteiger charge is -2.40. The van der Waals surface area contributed by atoms with Crippen LogP contribution in [0, 0.1) is 5.41 Å². The van der Waals surface area contributed by atoms with Crippen molar-refractivity contribution in [2.24, 2.45) is 5.41 Å². The lowest BCUT2D eigenvalue weighted by Crippen LogP contribution is -2.39. The summed E-state index contributed by atoms with van der Waals surface area (Å²) in [6.07, 6.45) is 0.694. The molecular weight excluding hydrogens is 320 g/mol. The van der Waals surface area contributed by atoms with E-state index < -0.39 is 11.0 Å². The molecule has 26 heavy (non-hydrogen) atoms. The van der Waals surface area contributed by atoms with Gasteiger partial charge in [-0.05, 0) is 49.1 Å². The molecule has 0 saturated carbocycles. The lowest BCUT2D eigenvalue weighted by atomic mass is 9.72. The Morgan fingerprint density at radius 1 is 0.885 bits per heavy atom. The smallest absolute Gasteiger partial charge is 0.312 e. The minimum absolute atomic E-state index is 0.175. The van der Waals surface area contributed by atoms with Crippen LogP contribution in [0.5, 0.6) is 0 Å². The second-order valence-electron chi connectivity index (χ2n) is 8.07. The average molecular weight is 344 g/mol. The molecule has 4 rings (SSSR count). The van der Waals surface area contributed by atoms with Gasteiger partial charge in [0.25, 0.3) is 0 Å². The molecule has 2 heteroatoms. The maximum atomic E-state index is 12.9. The number of hydrogen-bond acceptors (Lipinski definition) is 2. The fraction of sp³-hybridized carbons (Fsp3) is 0.292. The second kappa shape index (κ2) is 5.70. The number of rotatable bonds is 2. The molecule has 0 radical (unpaired) electrons. The normalized spacial score (nSPS) is 18.5. The molecule has 3 aromatic rings. The molecule has 0 heterocycles. The molecule has 3 aromatic carbocycles. The van der Waals surface area contributed by atoms with Gasteiger partial charge in [0.1, 0.15) is 0 Å². The summed E-state index contributed by atoms with van der Waals surface area (Å²) in [5.41, 5.74) is 3.22. The first-order chi connectivity index (χ1) is 12.4. The number of ether oxygens (including phenoxy) is 1. The Bertz CT molecular complexity index is 1000. The average Bonchev–Trinajstić information content (AvgIpc) is 2.64. The largest absolute Gasteiger partial charge is 0.449 e. The van der Waals surface area contributed by atoms with E-state index in [2.05, 4.69) is 61.5 Å². The van der Waals surface area contributed by atoms with Gasteiger partial charge >= 0.3 is 5.97 Å². The molecule has 0 bridgehead atoms. The van der Waals surface area contributed by atoms with Crippen molar-refractivity contribution in [1.29, 1.82) is 0 Å². The molecule has 0 aromatic heterocycles. The summed E-state index contributed by atoms with van der Waals surface area (Å²) >= 11 is 0. The van der Waals surface area contributed by atoms with Gasteiger partial charge in [-0.15, -0.1) is 0 Å². The Labute approximate surface area is 154 Å². The van der Waals surface area contributed by atoms with Crippen molar-refractivity contribution in [3.8, 4) is 11.1 Å². The highest BCUT2D eigenvalue weighted by Crippen LogP contribution is 2.51. The molecule has 1 unspecified atom stereocenters. The molecule has 0 amide bonds. The fourth-order valence-corrected chi connectivity index (χ4v) is 3.99. The zero-order valence-corrected chi connectivity index (χ0v) is 15.8. The maximum Gasteiger partial charge on any atom is 0.312 e. The zero-order valence-electron chi connectivity index (χ0n) is 15.8. The predicted octanol–water partition coefficient (Wildman–Crippen LogP) is 6.06. The monoisotopic (exact) mass is 344 g/mol. The van der Waals surface area contributed by atoms with E-state index in [1.54, 1.807) is 0 Å². The molecule has 1 atom stereocenters. The topological polar surface area (TPSA) is 26.3 Å².